The highest BCUT2D eigenvalue weighted by molar-refractivity contribution is 5.92. The largest absolute Gasteiger partial charge is 0.481 e. The maximum Gasteiger partial charge on any atom is 0.308 e. The molecule has 0 saturated carbocycles. The van der Waals surface area contributed by atoms with Crippen molar-refractivity contribution in [3.8, 4) is 0 Å². The SMILES string of the molecule is CCCC(=O)N(CC(C)C(=O)O)c1ncn[nH]1. The van der Waals surface area contributed by atoms with Gasteiger partial charge < -0.3 is 5.11 Å². The van der Waals surface area contributed by atoms with E-state index >= 15 is 0 Å². The Hall–Kier alpha value is -1.92. The van der Waals surface area contributed by atoms with Crippen molar-refractivity contribution in [2.45, 2.75) is 26.7 Å². The number of carboxylic acid groups (broad SMARTS) is 1. The van der Waals surface area contributed by atoms with Crippen molar-refractivity contribution in [1.29, 1.82) is 0 Å². The zero-order valence-electron chi connectivity index (χ0n) is 9.88. The molecule has 0 bridgehead atoms. The zero-order chi connectivity index (χ0) is 12.8. The molecule has 1 heterocycles. The summed E-state index contributed by atoms with van der Waals surface area (Å²) in [5.74, 6) is -1.46. The minimum atomic E-state index is -0.946. The second-order valence-electron chi connectivity index (χ2n) is 3.80. The Morgan fingerprint density at radius 3 is 2.76 bits per heavy atom. The number of aromatic nitrogens is 3. The van der Waals surface area contributed by atoms with Gasteiger partial charge >= 0.3 is 5.97 Å². The van der Waals surface area contributed by atoms with E-state index < -0.39 is 11.9 Å². The Balaban J connectivity index is 2.80. The molecule has 17 heavy (non-hydrogen) atoms. The first kappa shape index (κ1) is 13.1. The van der Waals surface area contributed by atoms with Crippen molar-refractivity contribution in [3.05, 3.63) is 6.33 Å². The summed E-state index contributed by atoms with van der Waals surface area (Å²) in [6, 6.07) is 0. The third kappa shape index (κ3) is 3.54. The molecule has 1 atom stereocenters. The average molecular weight is 240 g/mol. The first-order chi connectivity index (χ1) is 8.06. The first-order valence-electron chi connectivity index (χ1n) is 5.44. The van der Waals surface area contributed by atoms with Crippen LogP contribution in [0.2, 0.25) is 0 Å². The highest BCUT2D eigenvalue weighted by Crippen LogP contribution is 2.11. The molecule has 0 aromatic carbocycles. The molecule has 0 aliphatic rings. The molecule has 1 aromatic heterocycles. The Morgan fingerprint density at radius 1 is 1.59 bits per heavy atom. The number of aliphatic carboxylic acids is 1. The van der Waals surface area contributed by atoms with Crippen LogP contribution in [0.1, 0.15) is 26.7 Å². The van der Waals surface area contributed by atoms with E-state index in [9.17, 15) is 9.59 Å². The molecule has 1 aromatic rings. The van der Waals surface area contributed by atoms with Crippen LogP contribution in [0.25, 0.3) is 0 Å². The maximum absolute atomic E-state index is 11.8. The molecular weight excluding hydrogens is 224 g/mol. The van der Waals surface area contributed by atoms with Crippen LogP contribution in [-0.4, -0.2) is 38.7 Å². The monoisotopic (exact) mass is 240 g/mol. The lowest BCUT2D eigenvalue weighted by atomic mass is 10.1. The van der Waals surface area contributed by atoms with Crippen LogP contribution >= 0.6 is 0 Å². The van der Waals surface area contributed by atoms with Crippen LogP contribution < -0.4 is 4.90 Å². The van der Waals surface area contributed by atoms with E-state index in [2.05, 4.69) is 15.2 Å². The van der Waals surface area contributed by atoms with Crippen LogP contribution in [0.15, 0.2) is 6.33 Å². The number of rotatable bonds is 6. The molecule has 7 nitrogen and oxygen atoms in total. The number of H-pyrrole nitrogens is 1. The van der Waals surface area contributed by atoms with Crippen molar-refractivity contribution in [1.82, 2.24) is 15.2 Å². The summed E-state index contributed by atoms with van der Waals surface area (Å²) in [4.78, 5) is 27.9. The second-order valence-corrected chi connectivity index (χ2v) is 3.80. The Bertz CT molecular complexity index is 377. The smallest absolute Gasteiger partial charge is 0.308 e. The van der Waals surface area contributed by atoms with Crippen molar-refractivity contribution >= 4 is 17.8 Å². The summed E-state index contributed by atoms with van der Waals surface area (Å²) in [6.07, 6.45) is 2.34. The van der Waals surface area contributed by atoms with Crippen LogP contribution in [0.4, 0.5) is 5.95 Å². The summed E-state index contributed by atoms with van der Waals surface area (Å²) >= 11 is 0. The molecule has 0 aliphatic carbocycles. The topological polar surface area (TPSA) is 99.2 Å². The molecule has 0 fully saturated rings. The highest BCUT2D eigenvalue weighted by Gasteiger charge is 2.23. The van der Waals surface area contributed by atoms with Crippen LogP contribution in [0.3, 0.4) is 0 Å². The van der Waals surface area contributed by atoms with Gasteiger partial charge in [-0.15, -0.1) is 0 Å². The number of hydrogen-bond donors (Lipinski definition) is 2. The Labute approximate surface area is 98.8 Å². The number of anilines is 1. The fourth-order valence-corrected chi connectivity index (χ4v) is 1.34. The maximum atomic E-state index is 11.8. The van der Waals surface area contributed by atoms with E-state index in [1.807, 2.05) is 6.92 Å². The quantitative estimate of drug-likeness (QED) is 0.760. The van der Waals surface area contributed by atoms with Gasteiger partial charge in [-0.3, -0.25) is 14.5 Å². The third-order valence-electron chi connectivity index (χ3n) is 2.30. The molecule has 0 aliphatic heterocycles. The summed E-state index contributed by atoms with van der Waals surface area (Å²) < 4.78 is 0. The Morgan fingerprint density at radius 2 is 2.29 bits per heavy atom. The van der Waals surface area contributed by atoms with Crippen LogP contribution in [-0.2, 0) is 9.59 Å². The van der Waals surface area contributed by atoms with Gasteiger partial charge in [0.15, 0.2) is 0 Å². The van der Waals surface area contributed by atoms with Crippen LogP contribution in [0, 0.1) is 5.92 Å². The van der Waals surface area contributed by atoms with Crippen molar-refractivity contribution in [2.75, 3.05) is 11.4 Å². The van der Waals surface area contributed by atoms with Gasteiger partial charge in [-0.05, 0) is 6.42 Å². The van der Waals surface area contributed by atoms with Crippen molar-refractivity contribution < 1.29 is 14.7 Å². The fraction of sp³-hybridized carbons (Fsp3) is 0.600. The van der Waals surface area contributed by atoms with E-state index in [4.69, 9.17) is 5.11 Å². The van der Waals surface area contributed by atoms with Gasteiger partial charge in [0.1, 0.15) is 6.33 Å². The molecule has 1 amide bonds. The number of carbonyl (C=O) groups excluding carboxylic acids is 1. The number of aromatic amines is 1. The number of carboxylic acids is 1. The Kier molecular flexibility index (Phi) is 4.62. The first-order valence-corrected chi connectivity index (χ1v) is 5.44. The molecule has 0 spiro atoms. The fourth-order valence-electron chi connectivity index (χ4n) is 1.34. The van der Waals surface area contributed by atoms with Gasteiger partial charge in [0.25, 0.3) is 0 Å². The van der Waals surface area contributed by atoms with Gasteiger partial charge in [-0.25, -0.2) is 5.10 Å². The van der Waals surface area contributed by atoms with Gasteiger partial charge in [-0.1, -0.05) is 13.8 Å². The molecule has 1 unspecified atom stereocenters. The van der Waals surface area contributed by atoms with E-state index in [0.717, 1.165) is 0 Å². The lowest BCUT2D eigenvalue weighted by Gasteiger charge is -2.21. The summed E-state index contributed by atoms with van der Waals surface area (Å²) in [5.41, 5.74) is 0. The number of nitrogens with zero attached hydrogens (tertiary/aromatic N) is 3. The van der Waals surface area contributed by atoms with Crippen molar-refractivity contribution in [3.63, 3.8) is 0 Å². The van der Waals surface area contributed by atoms with Gasteiger partial charge in [0.05, 0.1) is 5.92 Å². The molecule has 7 heteroatoms. The lowest BCUT2D eigenvalue weighted by molar-refractivity contribution is -0.140. The summed E-state index contributed by atoms with van der Waals surface area (Å²) in [7, 11) is 0. The molecule has 0 saturated heterocycles. The second kappa shape index (κ2) is 5.97. The molecule has 94 valence electrons. The number of amides is 1. The third-order valence-corrected chi connectivity index (χ3v) is 2.30. The molecule has 2 N–H and O–H groups in total. The predicted molar refractivity (Wildman–Crippen MR) is 60.4 cm³/mol. The number of nitrogens with one attached hydrogen (secondary N) is 1. The number of hydrogen-bond acceptors (Lipinski definition) is 4. The molecule has 1 rings (SSSR count). The van der Waals surface area contributed by atoms with E-state index in [1.165, 1.54) is 11.2 Å². The zero-order valence-corrected chi connectivity index (χ0v) is 9.88. The molecule has 0 radical (unpaired) electrons. The van der Waals surface area contributed by atoms with Crippen LogP contribution in [0.5, 0.6) is 0 Å². The average Bonchev–Trinajstić information content (AvgIpc) is 2.78. The normalized spacial score (nSPS) is 12.1. The standard InChI is InChI=1S/C10H16N4O3/c1-3-4-8(15)14(5-7(2)9(16)17)10-11-6-12-13-10/h6-7H,3-5H2,1-2H3,(H,16,17)(H,11,12,13). The minimum Gasteiger partial charge on any atom is -0.481 e. The predicted octanol–water partition coefficient (Wildman–Crippen LogP) is 0.659. The summed E-state index contributed by atoms with van der Waals surface area (Å²) in [5, 5.41) is 15.1. The van der Waals surface area contributed by atoms with E-state index in [1.54, 1.807) is 6.92 Å². The lowest BCUT2D eigenvalue weighted by Crippen LogP contribution is -2.37. The van der Waals surface area contributed by atoms with E-state index in [0.29, 0.717) is 12.8 Å². The number of carbonyl (C=O) groups is 2. The summed E-state index contributed by atoms with van der Waals surface area (Å²) in [6.45, 7) is 3.52. The minimum absolute atomic E-state index is 0.0867. The van der Waals surface area contributed by atoms with Gasteiger partial charge in [0, 0.05) is 13.0 Å². The highest BCUT2D eigenvalue weighted by atomic mass is 16.4. The van der Waals surface area contributed by atoms with Crippen molar-refractivity contribution in [2.24, 2.45) is 5.92 Å². The van der Waals surface area contributed by atoms with Gasteiger partial charge in [-0.2, -0.15) is 10.1 Å². The molecular formula is C10H16N4O3. The van der Waals surface area contributed by atoms with Gasteiger partial charge in [0.2, 0.25) is 11.9 Å². The van der Waals surface area contributed by atoms with E-state index in [-0.39, 0.29) is 18.4 Å².